The summed E-state index contributed by atoms with van der Waals surface area (Å²) in [6.07, 6.45) is 8.28. The van der Waals surface area contributed by atoms with Gasteiger partial charge < -0.3 is 14.7 Å². The summed E-state index contributed by atoms with van der Waals surface area (Å²) in [5.41, 5.74) is 2.34. The number of methoxy groups -OCH3 is 1. The number of hydrogen-bond acceptors (Lipinski definition) is 6. The van der Waals surface area contributed by atoms with Gasteiger partial charge in [0, 0.05) is 30.0 Å². The average Bonchev–Trinajstić information content (AvgIpc) is 2.89. The minimum Gasteiger partial charge on any atom is -0.497 e. The lowest BCUT2D eigenvalue weighted by atomic mass is 9.81. The molecule has 0 unspecified atom stereocenters. The minimum atomic E-state index is -1.18. The van der Waals surface area contributed by atoms with Crippen molar-refractivity contribution in [2.45, 2.75) is 44.7 Å². The fraction of sp³-hybridized carbons (Fsp3) is 0.481. The van der Waals surface area contributed by atoms with Crippen molar-refractivity contribution >= 4 is 16.9 Å². The minimum absolute atomic E-state index is 0.0225. The number of alkyl halides is 1. The first-order valence-electron chi connectivity index (χ1n) is 12.3. The molecular formula is C27H33FN4O3. The summed E-state index contributed by atoms with van der Waals surface area (Å²) in [4.78, 5) is 26.8. The number of benzene rings is 1. The van der Waals surface area contributed by atoms with Crippen LogP contribution in [0.4, 0.5) is 4.39 Å². The van der Waals surface area contributed by atoms with Gasteiger partial charge >= 0.3 is 5.97 Å². The second-order valence-electron chi connectivity index (χ2n) is 9.28. The molecule has 3 atom stereocenters. The second-order valence-corrected chi connectivity index (χ2v) is 9.28. The molecule has 1 fully saturated rings. The standard InChI is InChI=1S/C27H33FN4O3/c1-35-21-6-8-26-23(16-21)22(10-13-30-26)25(28)7-5-19-11-15-32(17-24(19)27(33)34)14-3-2-4-20-9-12-29-18-31-20/h6,8-10,12-13,16,18-19,24-25H,2-5,7,11,14-15,17H2,1H3,(H,33,34)/t19-,24+,25-/m1/s1. The molecule has 0 aliphatic carbocycles. The molecule has 7 nitrogen and oxygen atoms in total. The van der Waals surface area contributed by atoms with E-state index in [1.54, 1.807) is 31.9 Å². The van der Waals surface area contributed by atoms with Gasteiger partial charge in [-0.3, -0.25) is 9.78 Å². The number of carboxylic acid groups (broad SMARTS) is 1. The van der Waals surface area contributed by atoms with Crippen LogP contribution < -0.4 is 4.74 Å². The van der Waals surface area contributed by atoms with E-state index in [1.165, 1.54) is 0 Å². The Balaban J connectivity index is 1.30. The van der Waals surface area contributed by atoms with E-state index in [0.717, 1.165) is 55.4 Å². The van der Waals surface area contributed by atoms with Gasteiger partial charge in [0.2, 0.25) is 0 Å². The Morgan fingerprint density at radius 1 is 1.23 bits per heavy atom. The number of nitrogens with zero attached hydrogens (tertiary/aromatic N) is 4. The topological polar surface area (TPSA) is 88.4 Å². The number of pyridine rings is 1. The fourth-order valence-electron chi connectivity index (χ4n) is 5.07. The number of aromatic nitrogens is 3. The number of aliphatic carboxylic acids is 1. The molecule has 0 radical (unpaired) electrons. The molecule has 1 aliphatic heterocycles. The monoisotopic (exact) mass is 480 g/mol. The van der Waals surface area contributed by atoms with Crippen LogP contribution in [0.15, 0.2) is 49.1 Å². The Bertz CT molecular complexity index is 1110. The SMILES string of the molecule is COc1ccc2nccc([C@H](F)CC[C@@H]3CCN(CCCCc4ccncn4)C[C@@H]3C(=O)O)c2c1. The number of halogens is 1. The van der Waals surface area contributed by atoms with Crippen molar-refractivity contribution in [3.63, 3.8) is 0 Å². The molecule has 0 amide bonds. The van der Waals surface area contributed by atoms with E-state index in [1.807, 2.05) is 24.3 Å². The summed E-state index contributed by atoms with van der Waals surface area (Å²) in [5.74, 6) is -0.609. The molecule has 1 N–H and O–H groups in total. The summed E-state index contributed by atoms with van der Waals surface area (Å²) in [6, 6.07) is 9.09. The van der Waals surface area contributed by atoms with Crippen LogP contribution in [0.2, 0.25) is 0 Å². The molecule has 3 heterocycles. The Morgan fingerprint density at radius 2 is 2.11 bits per heavy atom. The molecule has 1 aromatic carbocycles. The van der Waals surface area contributed by atoms with Crippen molar-refractivity contribution in [1.82, 2.24) is 19.9 Å². The molecule has 0 bridgehead atoms. The molecule has 4 rings (SSSR count). The number of rotatable bonds is 11. The molecule has 0 saturated carbocycles. The van der Waals surface area contributed by atoms with E-state index < -0.39 is 18.1 Å². The third kappa shape index (κ3) is 6.51. The summed E-state index contributed by atoms with van der Waals surface area (Å²) in [7, 11) is 1.58. The molecular weight excluding hydrogens is 447 g/mol. The Kier molecular flexibility index (Phi) is 8.58. The van der Waals surface area contributed by atoms with Crippen molar-refractivity contribution in [2.75, 3.05) is 26.7 Å². The highest BCUT2D eigenvalue weighted by molar-refractivity contribution is 5.83. The van der Waals surface area contributed by atoms with Crippen LogP contribution in [0.5, 0.6) is 5.75 Å². The van der Waals surface area contributed by atoms with Crippen LogP contribution >= 0.6 is 0 Å². The predicted octanol–water partition coefficient (Wildman–Crippen LogP) is 4.87. The maximum atomic E-state index is 15.4. The molecule has 3 aromatic rings. The van der Waals surface area contributed by atoms with Gasteiger partial charge in [-0.1, -0.05) is 0 Å². The molecule has 8 heteroatoms. The highest BCUT2D eigenvalue weighted by Gasteiger charge is 2.34. The smallest absolute Gasteiger partial charge is 0.308 e. The number of carbonyl (C=O) groups is 1. The average molecular weight is 481 g/mol. The molecule has 0 spiro atoms. The van der Waals surface area contributed by atoms with Crippen molar-refractivity contribution < 1.29 is 19.0 Å². The number of unbranched alkanes of at least 4 members (excludes halogenated alkanes) is 1. The Hall–Kier alpha value is -3.13. The lowest BCUT2D eigenvalue weighted by molar-refractivity contribution is -0.146. The van der Waals surface area contributed by atoms with Gasteiger partial charge in [-0.15, -0.1) is 0 Å². The van der Waals surface area contributed by atoms with Gasteiger partial charge in [0.15, 0.2) is 0 Å². The van der Waals surface area contributed by atoms with E-state index in [-0.39, 0.29) is 5.92 Å². The van der Waals surface area contributed by atoms with Gasteiger partial charge in [0.25, 0.3) is 0 Å². The van der Waals surface area contributed by atoms with Gasteiger partial charge in [-0.05, 0) is 93.4 Å². The number of aryl methyl sites for hydroxylation is 1. The highest BCUT2D eigenvalue weighted by atomic mass is 19.1. The summed E-state index contributed by atoms with van der Waals surface area (Å²) in [6.45, 7) is 2.26. The number of carboxylic acids is 1. The summed E-state index contributed by atoms with van der Waals surface area (Å²) < 4.78 is 20.7. The van der Waals surface area contributed by atoms with Gasteiger partial charge in [-0.2, -0.15) is 0 Å². The van der Waals surface area contributed by atoms with Crippen LogP contribution in [-0.2, 0) is 11.2 Å². The van der Waals surface area contributed by atoms with E-state index in [0.29, 0.717) is 30.7 Å². The Labute approximate surface area is 205 Å². The molecule has 1 aliphatic rings. The Morgan fingerprint density at radius 3 is 2.89 bits per heavy atom. The molecule has 2 aromatic heterocycles. The fourth-order valence-corrected chi connectivity index (χ4v) is 5.07. The summed E-state index contributed by atoms with van der Waals surface area (Å²) >= 11 is 0. The van der Waals surface area contributed by atoms with E-state index in [4.69, 9.17) is 4.74 Å². The zero-order valence-electron chi connectivity index (χ0n) is 20.1. The van der Waals surface area contributed by atoms with Crippen LogP contribution in [0.3, 0.4) is 0 Å². The normalized spacial score (nSPS) is 19.5. The lowest BCUT2D eigenvalue weighted by Gasteiger charge is -2.37. The number of ether oxygens (including phenoxy) is 1. The third-order valence-corrected chi connectivity index (χ3v) is 7.07. The maximum absolute atomic E-state index is 15.4. The number of piperidine rings is 1. The van der Waals surface area contributed by atoms with Crippen molar-refractivity contribution in [3.05, 3.63) is 60.3 Å². The zero-order chi connectivity index (χ0) is 24.6. The first kappa shape index (κ1) is 25.0. The molecule has 186 valence electrons. The third-order valence-electron chi connectivity index (χ3n) is 7.07. The van der Waals surface area contributed by atoms with Crippen LogP contribution in [0, 0.1) is 11.8 Å². The molecule has 35 heavy (non-hydrogen) atoms. The van der Waals surface area contributed by atoms with E-state index in [2.05, 4.69) is 19.9 Å². The quantitative estimate of drug-likeness (QED) is 0.392. The van der Waals surface area contributed by atoms with E-state index in [9.17, 15) is 9.90 Å². The number of hydrogen-bond donors (Lipinski definition) is 1. The largest absolute Gasteiger partial charge is 0.497 e. The van der Waals surface area contributed by atoms with Gasteiger partial charge in [0.1, 0.15) is 18.2 Å². The van der Waals surface area contributed by atoms with Crippen molar-refractivity contribution in [1.29, 1.82) is 0 Å². The first-order chi connectivity index (χ1) is 17.0. The zero-order valence-corrected chi connectivity index (χ0v) is 20.1. The predicted molar refractivity (Wildman–Crippen MR) is 132 cm³/mol. The summed E-state index contributed by atoms with van der Waals surface area (Å²) in [5, 5.41) is 10.6. The second kappa shape index (κ2) is 12.0. The van der Waals surface area contributed by atoms with Crippen LogP contribution in [0.1, 0.15) is 49.5 Å². The van der Waals surface area contributed by atoms with E-state index >= 15 is 4.39 Å². The first-order valence-corrected chi connectivity index (χ1v) is 12.3. The number of likely N-dealkylation sites (tertiary alicyclic amines) is 1. The van der Waals surface area contributed by atoms with Crippen LogP contribution in [-0.4, -0.2) is 57.7 Å². The number of fused-ring (bicyclic) bond motifs is 1. The maximum Gasteiger partial charge on any atom is 0.308 e. The van der Waals surface area contributed by atoms with Gasteiger partial charge in [0.05, 0.1) is 18.5 Å². The van der Waals surface area contributed by atoms with Crippen molar-refractivity contribution in [3.8, 4) is 5.75 Å². The van der Waals surface area contributed by atoms with Crippen LogP contribution in [0.25, 0.3) is 10.9 Å². The molecule has 1 saturated heterocycles. The van der Waals surface area contributed by atoms with Gasteiger partial charge in [-0.25, -0.2) is 14.4 Å². The highest BCUT2D eigenvalue weighted by Crippen LogP contribution is 2.35. The van der Waals surface area contributed by atoms with Crippen molar-refractivity contribution in [2.24, 2.45) is 11.8 Å². The lowest BCUT2D eigenvalue weighted by Crippen LogP contribution is -2.44.